The molecular weight excluding hydrogens is 359 g/mol. The topological polar surface area (TPSA) is 57.7 Å². The first-order valence-corrected chi connectivity index (χ1v) is 9.81. The second kappa shape index (κ2) is 8.56. The van der Waals surface area contributed by atoms with Gasteiger partial charge in [0.2, 0.25) is 0 Å². The van der Waals surface area contributed by atoms with Crippen LogP contribution in [0.2, 0.25) is 0 Å². The molecule has 28 heavy (non-hydrogen) atoms. The summed E-state index contributed by atoms with van der Waals surface area (Å²) in [6.07, 6.45) is 4.14. The average molecular weight is 384 g/mol. The third-order valence-corrected chi connectivity index (χ3v) is 5.30. The highest BCUT2D eigenvalue weighted by Crippen LogP contribution is 2.21. The van der Waals surface area contributed by atoms with Crippen LogP contribution in [0, 0.1) is 5.82 Å². The Morgan fingerprint density at radius 3 is 2.68 bits per heavy atom. The maximum atomic E-state index is 13.9. The van der Waals surface area contributed by atoms with Crippen LogP contribution in [0.25, 0.3) is 0 Å². The number of hydrogen-bond donors (Lipinski definition) is 1. The number of hydrogen-bond acceptors (Lipinski definition) is 5. The summed E-state index contributed by atoms with van der Waals surface area (Å²) in [5, 5.41) is 3.31. The van der Waals surface area contributed by atoms with Crippen LogP contribution < -0.4 is 10.2 Å². The van der Waals surface area contributed by atoms with Crippen LogP contribution in [-0.4, -0.2) is 61.2 Å². The SMILES string of the molecule is O=C(c1ccc(NCC2CCCO2)cn1)N1CCN(c2ccccc2F)CC1. The van der Waals surface area contributed by atoms with E-state index in [1.807, 2.05) is 17.0 Å². The minimum Gasteiger partial charge on any atom is -0.381 e. The normalized spacial score (nSPS) is 19.7. The fourth-order valence-electron chi connectivity index (χ4n) is 3.68. The molecule has 1 unspecified atom stereocenters. The molecule has 2 fully saturated rings. The van der Waals surface area contributed by atoms with E-state index in [4.69, 9.17) is 4.74 Å². The van der Waals surface area contributed by atoms with Crippen LogP contribution in [0.15, 0.2) is 42.6 Å². The van der Waals surface area contributed by atoms with Crippen molar-refractivity contribution in [3.63, 3.8) is 0 Å². The molecule has 0 spiro atoms. The van der Waals surface area contributed by atoms with Crippen molar-refractivity contribution in [2.75, 3.05) is 49.5 Å². The molecule has 4 rings (SSSR count). The van der Waals surface area contributed by atoms with Gasteiger partial charge in [0.15, 0.2) is 0 Å². The Balaban J connectivity index is 1.30. The van der Waals surface area contributed by atoms with Gasteiger partial charge in [-0.1, -0.05) is 12.1 Å². The number of aromatic nitrogens is 1. The Morgan fingerprint density at radius 1 is 1.18 bits per heavy atom. The quantitative estimate of drug-likeness (QED) is 0.859. The van der Waals surface area contributed by atoms with Crippen molar-refractivity contribution >= 4 is 17.3 Å². The van der Waals surface area contributed by atoms with Gasteiger partial charge < -0.3 is 19.9 Å². The maximum absolute atomic E-state index is 13.9. The monoisotopic (exact) mass is 384 g/mol. The van der Waals surface area contributed by atoms with Crippen LogP contribution in [0.5, 0.6) is 0 Å². The first kappa shape index (κ1) is 18.7. The first-order valence-electron chi connectivity index (χ1n) is 9.81. The first-order chi connectivity index (χ1) is 13.7. The molecule has 2 aliphatic rings. The predicted octanol–water partition coefficient (Wildman–Crippen LogP) is 2.77. The van der Waals surface area contributed by atoms with Crippen molar-refractivity contribution in [2.24, 2.45) is 0 Å². The van der Waals surface area contributed by atoms with Gasteiger partial charge in [0.1, 0.15) is 11.5 Å². The van der Waals surface area contributed by atoms with E-state index in [1.165, 1.54) is 6.07 Å². The molecule has 2 saturated heterocycles. The fourth-order valence-corrected chi connectivity index (χ4v) is 3.68. The summed E-state index contributed by atoms with van der Waals surface area (Å²) in [6.45, 7) is 3.90. The van der Waals surface area contributed by atoms with Crippen LogP contribution in [0.4, 0.5) is 15.8 Å². The smallest absolute Gasteiger partial charge is 0.272 e. The minimum absolute atomic E-state index is 0.0844. The summed E-state index contributed by atoms with van der Waals surface area (Å²) in [5.74, 6) is -0.311. The predicted molar refractivity (Wildman–Crippen MR) is 106 cm³/mol. The number of nitrogens with zero attached hydrogens (tertiary/aromatic N) is 3. The van der Waals surface area contributed by atoms with Gasteiger partial charge in [-0.25, -0.2) is 9.37 Å². The van der Waals surface area contributed by atoms with Crippen molar-refractivity contribution in [1.82, 2.24) is 9.88 Å². The van der Waals surface area contributed by atoms with E-state index in [0.29, 0.717) is 37.6 Å². The van der Waals surface area contributed by atoms with Gasteiger partial charge in [-0.3, -0.25) is 4.79 Å². The third kappa shape index (κ3) is 4.25. The van der Waals surface area contributed by atoms with E-state index in [2.05, 4.69) is 10.3 Å². The number of carbonyl (C=O) groups is 1. The van der Waals surface area contributed by atoms with Crippen molar-refractivity contribution in [3.8, 4) is 0 Å². The summed E-state index contributed by atoms with van der Waals surface area (Å²) in [7, 11) is 0. The Kier molecular flexibility index (Phi) is 5.71. The van der Waals surface area contributed by atoms with Gasteiger partial charge in [0.05, 0.1) is 23.7 Å². The lowest BCUT2D eigenvalue weighted by Gasteiger charge is -2.36. The highest BCUT2D eigenvalue weighted by molar-refractivity contribution is 5.92. The number of piperazine rings is 1. The van der Waals surface area contributed by atoms with Crippen molar-refractivity contribution in [2.45, 2.75) is 18.9 Å². The molecule has 0 radical (unpaired) electrons. The van der Waals surface area contributed by atoms with Gasteiger partial charge in [0.25, 0.3) is 5.91 Å². The van der Waals surface area contributed by atoms with Crippen LogP contribution in [0.3, 0.4) is 0 Å². The van der Waals surface area contributed by atoms with Gasteiger partial charge >= 0.3 is 0 Å². The van der Waals surface area contributed by atoms with E-state index < -0.39 is 0 Å². The average Bonchev–Trinajstić information content (AvgIpc) is 3.26. The second-order valence-electron chi connectivity index (χ2n) is 7.18. The molecule has 0 saturated carbocycles. The zero-order valence-corrected chi connectivity index (χ0v) is 15.8. The number of pyridine rings is 1. The summed E-state index contributed by atoms with van der Waals surface area (Å²) >= 11 is 0. The van der Waals surface area contributed by atoms with E-state index in [1.54, 1.807) is 29.3 Å². The largest absolute Gasteiger partial charge is 0.381 e. The van der Waals surface area contributed by atoms with Crippen LogP contribution in [0.1, 0.15) is 23.3 Å². The van der Waals surface area contributed by atoms with E-state index >= 15 is 0 Å². The molecule has 2 aliphatic heterocycles. The van der Waals surface area contributed by atoms with Crippen molar-refractivity contribution in [3.05, 3.63) is 54.1 Å². The van der Waals surface area contributed by atoms with Crippen LogP contribution in [-0.2, 0) is 4.74 Å². The molecule has 148 valence electrons. The molecule has 1 amide bonds. The lowest BCUT2D eigenvalue weighted by atomic mass is 10.2. The number of benzene rings is 1. The minimum atomic E-state index is -0.227. The zero-order valence-electron chi connectivity index (χ0n) is 15.8. The molecular formula is C21H25FN4O2. The number of halogens is 1. The zero-order chi connectivity index (χ0) is 19.3. The summed E-state index contributed by atoms with van der Waals surface area (Å²) in [6, 6.07) is 10.4. The second-order valence-corrected chi connectivity index (χ2v) is 7.18. The highest BCUT2D eigenvalue weighted by atomic mass is 19.1. The molecule has 6 nitrogen and oxygen atoms in total. The van der Waals surface area contributed by atoms with E-state index in [9.17, 15) is 9.18 Å². The number of ether oxygens (including phenoxy) is 1. The van der Waals surface area contributed by atoms with Gasteiger partial charge in [-0.2, -0.15) is 0 Å². The number of para-hydroxylation sites is 1. The molecule has 7 heteroatoms. The molecule has 0 aliphatic carbocycles. The Bertz CT molecular complexity index is 800. The highest BCUT2D eigenvalue weighted by Gasteiger charge is 2.24. The summed E-state index contributed by atoms with van der Waals surface area (Å²) in [4.78, 5) is 20.8. The number of carbonyl (C=O) groups excluding carboxylic acids is 1. The summed E-state index contributed by atoms with van der Waals surface area (Å²) in [5.41, 5.74) is 1.91. The van der Waals surface area contributed by atoms with Gasteiger partial charge in [0, 0.05) is 39.3 Å². The molecule has 1 aromatic carbocycles. The summed E-state index contributed by atoms with van der Waals surface area (Å²) < 4.78 is 19.5. The van der Waals surface area contributed by atoms with Gasteiger partial charge in [-0.15, -0.1) is 0 Å². The van der Waals surface area contributed by atoms with Crippen molar-refractivity contribution in [1.29, 1.82) is 0 Å². The Hall–Kier alpha value is -2.67. The lowest BCUT2D eigenvalue weighted by molar-refractivity contribution is 0.0740. The number of anilines is 2. The van der Waals surface area contributed by atoms with Crippen molar-refractivity contribution < 1.29 is 13.9 Å². The number of rotatable bonds is 5. The molecule has 1 atom stereocenters. The maximum Gasteiger partial charge on any atom is 0.272 e. The number of nitrogens with one attached hydrogen (secondary N) is 1. The Morgan fingerprint density at radius 2 is 2.00 bits per heavy atom. The molecule has 1 N–H and O–H groups in total. The van der Waals surface area contributed by atoms with E-state index in [0.717, 1.165) is 31.7 Å². The molecule has 2 aromatic rings. The molecule has 1 aromatic heterocycles. The van der Waals surface area contributed by atoms with Gasteiger partial charge in [-0.05, 0) is 37.1 Å². The lowest BCUT2D eigenvalue weighted by Crippen LogP contribution is -2.49. The molecule has 0 bridgehead atoms. The Labute approximate surface area is 164 Å². The fraction of sp³-hybridized carbons (Fsp3) is 0.429. The van der Waals surface area contributed by atoms with Crippen LogP contribution >= 0.6 is 0 Å². The number of amides is 1. The van der Waals surface area contributed by atoms with E-state index in [-0.39, 0.29) is 17.8 Å². The molecule has 3 heterocycles. The standard InChI is InChI=1S/C21H25FN4O2/c22-18-5-1-2-6-20(18)25-9-11-26(12-10-25)21(27)19-8-7-16(14-24-19)23-15-17-4-3-13-28-17/h1-2,5-8,14,17,23H,3-4,9-13,15H2. The third-order valence-electron chi connectivity index (χ3n) is 5.30.